The van der Waals surface area contributed by atoms with Crippen molar-refractivity contribution in [3.63, 3.8) is 0 Å². The SMILES string of the molecule is COC(=O)C(C)(C)C(N)C(F)(F)F. The summed E-state index contributed by atoms with van der Waals surface area (Å²) in [4.78, 5) is 10.9. The number of carbonyl (C=O) groups excluding carboxylic acids is 1. The molecule has 0 rings (SSSR count). The molecule has 0 aliphatic carbocycles. The lowest BCUT2D eigenvalue weighted by molar-refractivity contribution is -0.186. The van der Waals surface area contributed by atoms with Crippen LogP contribution in [0.15, 0.2) is 0 Å². The van der Waals surface area contributed by atoms with E-state index in [4.69, 9.17) is 5.73 Å². The summed E-state index contributed by atoms with van der Waals surface area (Å²) in [6.45, 7) is 2.19. The predicted molar refractivity (Wildman–Crippen MR) is 39.8 cm³/mol. The number of esters is 1. The van der Waals surface area contributed by atoms with Gasteiger partial charge in [0.2, 0.25) is 0 Å². The number of carbonyl (C=O) groups is 1. The Morgan fingerprint density at radius 2 is 1.77 bits per heavy atom. The van der Waals surface area contributed by atoms with Gasteiger partial charge in [-0.05, 0) is 13.8 Å². The Morgan fingerprint density at radius 3 is 2.00 bits per heavy atom. The van der Waals surface area contributed by atoms with E-state index in [1.807, 2.05) is 0 Å². The van der Waals surface area contributed by atoms with E-state index in [2.05, 4.69) is 4.74 Å². The van der Waals surface area contributed by atoms with E-state index in [-0.39, 0.29) is 0 Å². The lowest BCUT2D eigenvalue weighted by Gasteiger charge is -2.29. The molecule has 0 bridgehead atoms. The average molecular weight is 199 g/mol. The first-order chi connectivity index (χ1) is 5.64. The summed E-state index contributed by atoms with van der Waals surface area (Å²) in [5.74, 6) is -0.975. The number of ether oxygens (including phenoxy) is 1. The van der Waals surface area contributed by atoms with E-state index >= 15 is 0 Å². The molecule has 0 aliphatic heterocycles. The van der Waals surface area contributed by atoms with Crippen LogP contribution in [0, 0.1) is 5.41 Å². The van der Waals surface area contributed by atoms with Crippen LogP contribution in [0.1, 0.15) is 13.8 Å². The van der Waals surface area contributed by atoms with Crippen LogP contribution >= 0.6 is 0 Å². The third kappa shape index (κ3) is 2.58. The first-order valence-electron chi connectivity index (χ1n) is 3.54. The Labute approximate surface area is 74.0 Å². The highest BCUT2D eigenvalue weighted by molar-refractivity contribution is 5.76. The number of alkyl halides is 3. The van der Waals surface area contributed by atoms with Crippen molar-refractivity contribution in [2.24, 2.45) is 11.1 Å². The molecule has 13 heavy (non-hydrogen) atoms. The van der Waals surface area contributed by atoms with Crippen LogP contribution in [0.5, 0.6) is 0 Å². The molecule has 0 aliphatic rings. The zero-order valence-electron chi connectivity index (χ0n) is 7.61. The summed E-state index contributed by atoms with van der Waals surface area (Å²) >= 11 is 0. The Morgan fingerprint density at radius 1 is 1.38 bits per heavy atom. The third-order valence-corrected chi connectivity index (χ3v) is 1.84. The van der Waals surface area contributed by atoms with Crippen LogP contribution in [-0.2, 0) is 9.53 Å². The molecule has 2 N–H and O–H groups in total. The first kappa shape index (κ1) is 12.2. The molecule has 0 aromatic heterocycles. The van der Waals surface area contributed by atoms with Gasteiger partial charge in [0.1, 0.15) is 6.04 Å². The van der Waals surface area contributed by atoms with Crippen LogP contribution in [0.4, 0.5) is 13.2 Å². The minimum atomic E-state index is -4.60. The van der Waals surface area contributed by atoms with Gasteiger partial charge in [-0.2, -0.15) is 13.2 Å². The third-order valence-electron chi connectivity index (χ3n) is 1.84. The van der Waals surface area contributed by atoms with E-state index in [1.54, 1.807) is 0 Å². The van der Waals surface area contributed by atoms with Gasteiger partial charge in [0.05, 0.1) is 12.5 Å². The molecule has 0 aromatic carbocycles. The van der Waals surface area contributed by atoms with E-state index in [0.29, 0.717) is 0 Å². The lowest BCUT2D eigenvalue weighted by atomic mass is 9.84. The minimum absolute atomic E-state index is 0.975. The van der Waals surface area contributed by atoms with Crippen molar-refractivity contribution in [1.82, 2.24) is 0 Å². The largest absolute Gasteiger partial charge is 0.469 e. The van der Waals surface area contributed by atoms with Crippen molar-refractivity contribution >= 4 is 5.97 Å². The maximum absolute atomic E-state index is 12.1. The maximum Gasteiger partial charge on any atom is 0.404 e. The van der Waals surface area contributed by atoms with Crippen LogP contribution in [0.3, 0.4) is 0 Å². The molecular formula is C7H12F3NO2. The van der Waals surface area contributed by atoms with E-state index in [9.17, 15) is 18.0 Å². The van der Waals surface area contributed by atoms with Crippen molar-refractivity contribution in [2.75, 3.05) is 7.11 Å². The van der Waals surface area contributed by atoms with E-state index in [0.717, 1.165) is 21.0 Å². The van der Waals surface area contributed by atoms with Crippen molar-refractivity contribution in [2.45, 2.75) is 26.1 Å². The molecule has 0 saturated carbocycles. The van der Waals surface area contributed by atoms with Crippen LogP contribution < -0.4 is 5.73 Å². The van der Waals surface area contributed by atoms with Crippen molar-refractivity contribution in [3.8, 4) is 0 Å². The fourth-order valence-corrected chi connectivity index (χ4v) is 0.799. The lowest BCUT2D eigenvalue weighted by Crippen LogP contribution is -2.52. The highest BCUT2D eigenvalue weighted by atomic mass is 19.4. The zero-order chi connectivity index (χ0) is 10.9. The van der Waals surface area contributed by atoms with E-state index in [1.165, 1.54) is 0 Å². The highest BCUT2D eigenvalue weighted by Crippen LogP contribution is 2.32. The first-order valence-corrected chi connectivity index (χ1v) is 3.54. The summed E-state index contributed by atoms with van der Waals surface area (Å²) in [5, 5.41) is 0. The second-order valence-electron chi connectivity index (χ2n) is 3.23. The molecule has 0 saturated heterocycles. The standard InChI is InChI=1S/C7H12F3NO2/c1-6(2,5(12)13-3)4(11)7(8,9)10/h4H,11H2,1-3H3. The quantitative estimate of drug-likeness (QED) is 0.677. The molecular weight excluding hydrogens is 187 g/mol. The molecule has 0 aromatic rings. The Balaban J connectivity index is 4.74. The zero-order valence-corrected chi connectivity index (χ0v) is 7.61. The van der Waals surface area contributed by atoms with Crippen molar-refractivity contribution < 1.29 is 22.7 Å². The Kier molecular flexibility index (Phi) is 3.32. The second-order valence-corrected chi connectivity index (χ2v) is 3.23. The normalized spacial score (nSPS) is 15.3. The monoisotopic (exact) mass is 199 g/mol. The van der Waals surface area contributed by atoms with Gasteiger partial charge in [-0.15, -0.1) is 0 Å². The van der Waals surface area contributed by atoms with Gasteiger partial charge in [0.15, 0.2) is 0 Å². The van der Waals surface area contributed by atoms with Gasteiger partial charge in [-0.25, -0.2) is 0 Å². The number of methoxy groups -OCH3 is 1. The Bertz CT molecular complexity index is 200. The summed E-state index contributed by atoms with van der Waals surface area (Å²) in [6, 6.07) is -2.22. The molecule has 6 heteroatoms. The summed E-state index contributed by atoms with van der Waals surface area (Å²) in [5.41, 5.74) is 3.12. The smallest absolute Gasteiger partial charge is 0.404 e. The van der Waals surface area contributed by atoms with Gasteiger partial charge < -0.3 is 10.5 Å². The molecule has 0 amide bonds. The van der Waals surface area contributed by atoms with Crippen LogP contribution in [0.2, 0.25) is 0 Å². The molecule has 3 nitrogen and oxygen atoms in total. The summed E-state index contributed by atoms with van der Waals surface area (Å²) in [7, 11) is 1.02. The van der Waals surface area contributed by atoms with Gasteiger partial charge in [0.25, 0.3) is 0 Å². The van der Waals surface area contributed by atoms with Gasteiger partial charge >= 0.3 is 12.1 Å². The summed E-state index contributed by atoms with van der Waals surface area (Å²) < 4.78 is 40.5. The van der Waals surface area contributed by atoms with Gasteiger partial charge in [0, 0.05) is 0 Å². The fraction of sp³-hybridized carbons (Fsp3) is 0.857. The molecule has 0 spiro atoms. The highest BCUT2D eigenvalue weighted by Gasteiger charge is 2.50. The molecule has 1 atom stereocenters. The van der Waals surface area contributed by atoms with Crippen molar-refractivity contribution in [3.05, 3.63) is 0 Å². The maximum atomic E-state index is 12.1. The molecule has 1 unspecified atom stereocenters. The number of nitrogens with two attached hydrogens (primary N) is 1. The number of hydrogen-bond donors (Lipinski definition) is 1. The van der Waals surface area contributed by atoms with Gasteiger partial charge in [-0.1, -0.05) is 0 Å². The van der Waals surface area contributed by atoms with Crippen LogP contribution in [0.25, 0.3) is 0 Å². The van der Waals surface area contributed by atoms with Crippen molar-refractivity contribution in [1.29, 1.82) is 0 Å². The fourth-order valence-electron chi connectivity index (χ4n) is 0.799. The Hall–Kier alpha value is -0.780. The van der Waals surface area contributed by atoms with E-state index < -0.39 is 23.6 Å². The predicted octanol–water partition coefficient (Wildman–Crippen LogP) is 1.08. The average Bonchev–Trinajstić information content (AvgIpc) is 1.99. The molecule has 78 valence electrons. The number of rotatable bonds is 2. The minimum Gasteiger partial charge on any atom is -0.469 e. The van der Waals surface area contributed by atoms with Gasteiger partial charge in [-0.3, -0.25) is 4.79 Å². The van der Waals surface area contributed by atoms with Crippen LogP contribution in [-0.4, -0.2) is 25.3 Å². The number of halogens is 3. The topological polar surface area (TPSA) is 52.3 Å². The number of hydrogen-bond acceptors (Lipinski definition) is 3. The summed E-state index contributed by atoms with van der Waals surface area (Å²) in [6.07, 6.45) is -4.60. The molecule has 0 radical (unpaired) electrons. The molecule has 0 fully saturated rings. The molecule has 0 heterocycles. The second kappa shape index (κ2) is 3.53.